The minimum absolute atomic E-state index is 0.222. The maximum absolute atomic E-state index is 12.9. The van der Waals surface area contributed by atoms with Crippen LogP contribution in [-0.2, 0) is 6.54 Å². The van der Waals surface area contributed by atoms with Crippen LogP contribution in [0.1, 0.15) is 15.9 Å². The topological polar surface area (TPSA) is 33.2 Å². The minimum Gasteiger partial charge on any atom is -0.337 e. The second-order valence-electron chi connectivity index (χ2n) is 4.01. The molecule has 2 aromatic rings. The Hall–Kier alpha value is -2.23. The van der Waals surface area contributed by atoms with E-state index < -0.39 is 5.95 Å². The van der Waals surface area contributed by atoms with Gasteiger partial charge in [0.25, 0.3) is 5.91 Å². The Balaban J connectivity index is 2.10. The van der Waals surface area contributed by atoms with Crippen LogP contribution in [0.15, 0.2) is 48.7 Å². The molecule has 1 amide bonds. The fourth-order valence-corrected chi connectivity index (χ4v) is 1.68. The van der Waals surface area contributed by atoms with Gasteiger partial charge < -0.3 is 4.90 Å². The quantitative estimate of drug-likeness (QED) is 0.777. The second-order valence-corrected chi connectivity index (χ2v) is 4.01. The van der Waals surface area contributed by atoms with Crippen LogP contribution in [0.5, 0.6) is 0 Å². The predicted octanol–water partition coefficient (Wildman–Crippen LogP) is 2.49. The molecule has 0 N–H and O–H groups in total. The molecule has 1 aromatic carbocycles. The maximum Gasteiger partial charge on any atom is 0.254 e. The number of hydrogen-bond donors (Lipinski definition) is 0. The van der Waals surface area contributed by atoms with E-state index in [0.717, 1.165) is 11.6 Å². The first-order chi connectivity index (χ1) is 8.66. The third-order valence-electron chi connectivity index (χ3n) is 2.58. The van der Waals surface area contributed by atoms with Gasteiger partial charge in [-0.05, 0) is 11.6 Å². The summed E-state index contributed by atoms with van der Waals surface area (Å²) in [4.78, 5) is 17.0. The lowest BCUT2D eigenvalue weighted by Crippen LogP contribution is -2.26. The van der Waals surface area contributed by atoms with Gasteiger partial charge in [-0.3, -0.25) is 4.79 Å². The first kappa shape index (κ1) is 12.2. The molecule has 2 rings (SSSR count). The highest BCUT2D eigenvalue weighted by Crippen LogP contribution is 2.08. The Labute approximate surface area is 105 Å². The van der Waals surface area contributed by atoms with E-state index in [1.807, 2.05) is 30.3 Å². The van der Waals surface area contributed by atoms with E-state index in [-0.39, 0.29) is 5.91 Å². The third-order valence-corrected chi connectivity index (χ3v) is 2.58. The molecule has 0 spiro atoms. The number of hydrogen-bond acceptors (Lipinski definition) is 2. The zero-order valence-corrected chi connectivity index (χ0v) is 10.0. The number of amides is 1. The third kappa shape index (κ3) is 2.91. The van der Waals surface area contributed by atoms with Crippen molar-refractivity contribution in [3.8, 4) is 0 Å². The number of nitrogens with zero attached hydrogens (tertiary/aromatic N) is 2. The fraction of sp³-hybridized carbons (Fsp3) is 0.143. The summed E-state index contributed by atoms with van der Waals surface area (Å²) in [5.74, 6) is -0.867. The summed E-state index contributed by atoms with van der Waals surface area (Å²) < 4.78 is 12.9. The fourth-order valence-electron chi connectivity index (χ4n) is 1.68. The van der Waals surface area contributed by atoms with E-state index >= 15 is 0 Å². The number of carbonyl (C=O) groups excluding carboxylic acids is 1. The summed E-state index contributed by atoms with van der Waals surface area (Å²) in [5, 5.41) is 0. The van der Waals surface area contributed by atoms with Gasteiger partial charge in [0.2, 0.25) is 5.95 Å². The van der Waals surface area contributed by atoms with Gasteiger partial charge in [-0.1, -0.05) is 30.3 Å². The Bertz CT molecular complexity index is 543. The Morgan fingerprint density at radius 3 is 2.67 bits per heavy atom. The van der Waals surface area contributed by atoms with Crippen LogP contribution < -0.4 is 0 Å². The Kier molecular flexibility index (Phi) is 3.67. The van der Waals surface area contributed by atoms with Gasteiger partial charge in [0, 0.05) is 31.4 Å². The van der Waals surface area contributed by atoms with Crippen LogP contribution in [0.4, 0.5) is 4.39 Å². The highest BCUT2D eigenvalue weighted by Gasteiger charge is 2.12. The molecule has 4 heteroatoms. The Morgan fingerprint density at radius 2 is 2.00 bits per heavy atom. The van der Waals surface area contributed by atoms with E-state index in [2.05, 4.69) is 4.98 Å². The van der Waals surface area contributed by atoms with Crippen molar-refractivity contribution in [2.75, 3.05) is 7.05 Å². The molecule has 0 saturated heterocycles. The molecule has 0 aliphatic carbocycles. The van der Waals surface area contributed by atoms with E-state index in [0.29, 0.717) is 12.1 Å². The van der Waals surface area contributed by atoms with Crippen molar-refractivity contribution in [3.05, 3.63) is 65.7 Å². The van der Waals surface area contributed by atoms with Gasteiger partial charge in [0.05, 0.1) is 0 Å². The molecule has 1 aromatic heterocycles. The van der Waals surface area contributed by atoms with Gasteiger partial charge in [-0.15, -0.1) is 0 Å². The molecular formula is C14H13FN2O. The zero-order chi connectivity index (χ0) is 13.0. The second kappa shape index (κ2) is 5.40. The van der Waals surface area contributed by atoms with Crippen LogP contribution in [0.2, 0.25) is 0 Å². The normalized spacial score (nSPS) is 10.1. The lowest BCUT2D eigenvalue weighted by Gasteiger charge is -2.17. The van der Waals surface area contributed by atoms with Gasteiger partial charge in [-0.2, -0.15) is 4.39 Å². The molecule has 0 atom stereocenters. The Morgan fingerprint density at radius 1 is 1.28 bits per heavy atom. The van der Waals surface area contributed by atoms with Crippen molar-refractivity contribution in [3.63, 3.8) is 0 Å². The monoisotopic (exact) mass is 244 g/mol. The summed E-state index contributed by atoms with van der Waals surface area (Å²) in [6.07, 6.45) is 1.29. The van der Waals surface area contributed by atoms with Gasteiger partial charge in [-0.25, -0.2) is 4.98 Å². The predicted molar refractivity (Wildman–Crippen MR) is 66.4 cm³/mol. The summed E-state index contributed by atoms with van der Waals surface area (Å²) in [6.45, 7) is 0.490. The zero-order valence-electron chi connectivity index (χ0n) is 10.0. The van der Waals surface area contributed by atoms with Gasteiger partial charge in [0.15, 0.2) is 0 Å². The van der Waals surface area contributed by atoms with Crippen molar-refractivity contribution in [1.82, 2.24) is 9.88 Å². The van der Waals surface area contributed by atoms with E-state index in [1.165, 1.54) is 12.3 Å². The van der Waals surface area contributed by atoms with Crippen molar-refractivity contribution < 1.29 is 9.18 Å². The van der Waals surface area contributed by atoms with E-state index in [4.69, 9.17) is 0 Å². The SMILES string of the molecule is CN(Cc1ccccc1)C(=O)c1ccnc(F)c1. The minimum atomic E-state index is -0.644. The number of rotatable bonds is 3. The average Bonchev–Trinajstić information content (AvgIpc) is 2.39. The lowest BCUT2D eigenvalue weighted by molar-refractivity contribution is 0.0784. The van der Waals surface area contributed by atoms with Crippen molar-refractivity contribution in [2.24, 2.45) is 0 Å². The maximum atomic E-state index is 12.9. The number of benzene rings is 1. The highest BCUT2D eigenvalue weighted by atomic mass is 19.1. The van der Waals surface area contributed by atoms with Crippen LogP contribution in [-0.4, -0.2) is 22.8 Å². The molecular weight excluding hydrogens is 231 g/mol. The first-order valence-corrected chi connectivity index (χ1v) is 5.58. The molecule has 18 heavy (non-hydrogen) atoms. The summed E-state index contributed by atoms with van der Waals surface area (Å²) in [7, 11) is 1.69. The molecule has 3 nitrogen and oxygen atoms in total. The van der Waals surface area contributed by atoms with Crippen molar-refractivity contribution >= 4 is 5.91 Å². The van der Waals surface area contributed by atoms with Crippen molar-refractivity contribution in [1.29, 1.82) is 0 Å². The molecule has 0 radical (unpaired) electrons. The van der Waals surface area contributed by atoms with Crippen LogP contribution in [0.25, 0.3) is 0 Å². The van der Waals surface area contributed by atoms with Crippen molar-refractivity contribution in [2.45, 2.75) is 6.54 Å². The van der Waals surface area contributed by atoms with E-state index in [1.54, 1.807) is 11.9 Å². The molecule has 0 unspecified atom stereocenters. The lowest BCUT2D eigenvalue weighted by atomic mass is 10.2. The average molecular weight is 244 g/mol. The number of carbonyl (C=O) groups is 1. The molecule has 0 fully saturated rings. The molecule has 1 heterocycles. The number of halogens is 1. The highest BCUT2D eigenvalue weighted by molar-refractivity contribution is 5.93. The molecule has 0 saturated carbocycles. The van der Waals surface area contributed by atoms with Gasteiger partial charge >= 0.3 is 0 Å². The van der Waals surface area contributed by atoms with Crippen LogP contribution in [0.3, 0.4) is 0 Å². The summed E-state index contributed by atoms with van der Waals surface area (Å²) in [6, 6.07) is 12.3. The number of pyridine rings is 1. The molecule has 0 aliphatic heterocycles. The summed E-state index contributed by atoms with van der Waals surface area (Å²) >= 11 is 0. The largest absolute Gasteiger partial charge is 0.337 e. The standard InChI is InChI=1S/C14H13FN2O/c1-17(10-11-5-3-2-4-6-11)14(18)12-7-8-16-13(15)9-12/h2-9H,10H2,1H3. The van der Waals surface area contributed by atoms with E-state index in [9.17, 15) is 9.18 Å². The van der Waals surface area contributed by atoms with Gasteiger partial charge in [0.1, 0.15) is 0 Å². The summed E-state index contributed by atoms with van der Waals surface area (Å²) in [5.41, 5.74) is 1.34. The van der Waals surface area contributed by atoms with Crippen LogP contribution >= 0.6 is 0 Å². The first-order valence-electron chi connectivity index (χ1n) is 5.58. The molecule has 0 aliphatic rings. The molecule has 0 bridgehead atoms. The number of aromatic nitrogens is 1. The smallest absolute Gasteiger partial charge is 0.254 e. The van der Waals surface area contributed by atoms with Crippen LogP contribution in [0, 0.1) is 5.95 Å². The molecule has 92 valence electrons.